The molecule has 120 valence electrons. The SMILES string of the molecule is Cc1cncc(N2CCCN(C(=O)c3ccccc3Cl)CC2)n1. The first kappa shape index (κ1) is 15.7. The van der Waals surface area contributed by atoms with Crippen LogP contribution in [0.5, 0.6) is 0 Å². The minimum Gasteiger partial charge on any atom is -0.353 e. The first-order chi connectivity index (χ1) is 11.1. The van der Waals surface area contributed by atoms with Gasteiger partial charge in [0.05, 0.1) is 22.5 Å². The Hall–Kier alpha value is -2.14. The maximum Gasteiger partial charge on any atom is 0.255 e. The fourth-order valence-corrected chi connectivity index (χ4v) is 2.97. The van der Waals surface area contributed by atoms with Gasteiger partial charge in [0.25, 0.3) is 5.91 Å². The van der Waals surface area contributed by atoms with Crippen LogP contribution in [-0.4, -0.2) is 47.0 Å². The zero-order valence-electron chi connectivity index (χ0n) is 13.1. The van der Waals surface area contributed by atoms with Crippen molar-refractivity contribution >= 4 is 23.3 Å². The molecule has 3 rings (SSSR count). The number of hydrogen-bond acceptors (Lipinski definition) is 4. The second kappa shape index (κ2) is 6.96. The van der Waals surface area contributed by atoms with Gasteiger partial charge in [-0.15, -0.1) is 0 Å². The zero-order chi connectivity index (χ0) is 16.2. The Morgan fingerprint density at radius 3 is 2.74 bits per heavy atom. The molecular weight excluding hydrogens is 312 g/mol. The molecule has 0 radical (unpaired) electrons. The number of rotatable bonds is 2. The van der Waals surface area contributed by atoms with E-state index < -0.39 is 0 Å². The third-order valence-electron chi connectivity index (χ3n) is 3.95. The highest BCUT2D eigenvalue weighted by Gasteiger charge is 2.22. The van der Waals surface area contributed by atoms with Gasteiger partial charge in [0, 0.05) is 32.4 Å². The smallest absolute Gasteiger partial charge is 0.255 e. The van der Waals surface area contributed by atoms with Crippen LogP contribution in [0.1, 0.15) is 22.5 Å². The Morgan fingerprint density at radius 2 is 1.96 bits per heavy atom. The van der Waals surface area contributed by atoms with Crippen LogP contribution in [0.25, 0.3) is 0 Å². The molecule has 0 bridgehead atoms. The van der Waals surface area contributed by atoms with Gasteiger partial charge < -0.3 is 9.80 Å². The number of anilines is 1. The van der Waals surface area contributed by atoms with Gasteiger partial charge in [-0.2, -0.15) is 0 Å². The molecule has 0 aliphatic carbocycles. The summed E-state index contributed by atoms with van der Waals surface area (Å²) in [6, 6.07) is 7.20. The monoisotopic (exact) mass is 330 g/mol. The van der Waals surface area contributed by atoms with E-state index in [4.69, 9.17) is 11.6 Å². The Balaban J connectivity index is 1.71. The maximum absolute atomic E-state index is 12.7. The van der Waals surface area contributed by atoms with Gasteiger partial charge >= 0.3 is 0 Å². The molecule has 0 spiro atoms. The van der Waals surface area contributed by atoms with Crippen molar-refractivity contribution in [2.75, 3.05) is 31.1 Å². The molecule has 6 heteroatoms. The van der Waals surface area contributed by atoms with Gasteiger partial charge in [0.1, 0.15) is 5.82 Å². The summed E-state index contributed by atoms with van der Waals surface area (Å²) in [5.74, 6) is 0.866. The van der Waals surface area contributed by atoms with E-state index in [1.165, 1.54) is 0 Å². The van der Waals surface area contributed by atoms with Crippen LogP contribution in [0.15, 0.2) is 36.7 Å². The fraction of sp³-hybridized carbons (Fsp3) is 0.353. The van der Waals surface area contributed by atoms with Gasteiger partial charge in [0.2, 0.25) is 0 Å². The number of carbonyl (C=O) groups excluding carboxylic acids is 1. The number of benzene rings is 1. The minimum atomic E-state index is -0.00669. The molecule has 1 aromatic carbocycles. The predicted octanol–water partition coefficient (Wildman–Crippen LogP) is 2.79. The van der Waals surface area contributed by atoms with Crippen molar-refractivity contribution in [3.05, 3.63) is 52.9 Å². The molecule has 1 amide bonds. The summed E-state index contributed by atoms with van der Waals surface area (Å²) in [6.07, 6.45) is 4.42. The quantitative estimate of drug-likeness (QED) is 0.849. The van der Waals surface area contributed by atoms with E-state index in [0.717, 1.165) is 37.6 Å². The van der Waals surface area contributed by atoms with Crippen molar-refractivity contribution < 1.29 is 4.79 Å². The van der Waals surface area contributed by atoms with E-state index in [9.17, 15) is 4.79 Å². The average molecular weight is 331 g/mol. The number of aromatic nitrogens is 2. The highest BCUT2D eigenvalue weighted by Crippen LogP contribution is 2.19. The van der Waals surface area contributed by atoms with Gasteiger partial charge in [-0.1, -0.05) is 23.7 Å². The number of aryl methyl sites for hydroxylation is 1. The number of carbonyl (C=O) groups is 1. The third-order valence-corrected chi connectivity index (χ3v) is 4.28. The molecule has 0 unspecified atom stereocenters. The predicted molar refractivity (Wildman–Crippen MR) is 91.0 cm³/mol. The zero-order valence-corrected chi connectivity index (χ0v) is 13.8. The molecule has 1 saturated heterocycles. The summed E-state index contributed by atoms with van der Waals surface area (Å²) in [5.41, 5.74) is 1.47. The second-order valence-electron chi connectivity index (χ2n) is 5.63. The average Bonchev–Trinajstić information content (AvgIpc) is 2.81. The van der Waals surface area contributed by atoms with E-state index in [1.54, 1.807) is 24.5 Å². The summed E-state index contributed by atoms with van der Waals surface area (Å²) >= 11 is 6.14. The van der Waals surface area contributed by atoms with Crippen LogP contribution in [0.3, 0.4) is 0 Å². The summed E-state index contributed by atoms with van der Waals surface area (Å²) in [5, 5.41) is 0.503. The molecule has 1 aromatic heterocycles. The Labute approximate surface area is 140 Å². The van der Waals surface area contributed by atoms with Crippen LogP contribution in [-0.2, 0) is 0 Å². The molecular formula is C17H19ClN4O. The standard InChI is InChI=1S/C17H19ClN4O/c1-13-11-19-12-16(20-13)21-7-4-8-22(10-9-21)17(23)14-5-2-3-6-15(14)18/h2-3,5-6,11-12H,4,7-10H2,1H3. The van der Waals surface area contributed by atoms with Crippen molar-refractivity contribution in [1.82, 2.24) is 14.9 Å². The van der Waals surface area contributed by atoms with E-state index >= 15 is 0 Å². The topological polar surface area (TPSA) is 49.3 Å². The van der Waals surface area contributed by atoms with Crippen molar-refractivity contribution in [3.63, 3.8) is 0 Å². The molecule has 0 atom stereocenters. The Bertz CT molecular complexity index is 706. The van der Waals surface area contributed by atoms with Crippen LogP contribution < -0.4 is 4.90 Å². The molecule has 1 aliphatic rings. The highest BCUT2D eigenvalue weighted by molar-refractivity contribution is 6.33. The summed E-state index contributed by atoms with van der Waals surface area (Å²) in [4.78, 5) is 25.4. The lowest BCUT2D eigenvalue weighted by Gasteiger charge is -2.23. The molecule has 5 nitrogen and oxygen atoms in total. The van der Waals surface area contributed by atoms with Crippen molar-refractivity contribution in [2.45, 2.75) is 13.3 Å². The number of amides is 1. The van der Waals surface area contributed by atoms with Gasteiger partial charge in [-0.05, 0) is 25.5 Å². The summed E-state index contributed by atoms with van der Waals surface area (Å²) in [7, 11) is 0. The van der Waals surface area contributed by atoms with Gasteiger partial charge in [-0.3, -0.25) is 9.78 Å². The lowest BCUT2D eigenvalue weighted by Crippen LogP contribution is -2.35. The molecule has 2 aromatic rings. The normalized spacial score (nSPS) is 15.4. The van der Waals surface area contributed by atoms with Gasteiger partial charge in [0.15, 0.2) is 0 Å². The molecule has 2 heterocycles. The van der Waals surface area contributed by atoms with Crippen molar-refractivity contribution in [2.24, 2.45) is 0 Å². The van der Waals surface area contributed by atoms with Crippen LogP contribution in [0.2, 0.25) is 5.02 Å². The number of hydrogen-bond donors (Lipinski definition) is 0. The lowest BCUT2D eigenvalue weighted by molar-refractivity contribution is 0.0767. The molecule has 1 fully saturated rings. The van der Waals surface area contributed by atoms with E-state index in [1.807, 2.05) is 24.0 Å². The first-order valence-electron chi connectivity index (χ1n) is 7.72. The van der Waals surface area contributed by atoms with E-state index in [2.05, 4.69) is 14.9 Å². The van der Waals surface area contributed by atoms with Crippen molar-refractivity contribution in [3.8, 4) is 0 Å². The first-order valence-corrected chi connectivity index (χ1v) is 8.10. The maximum atomic E-state index is 12.7. The highest BCUT2D eigenvalue weighted by atomic mass is 35.5. The molecule has 0 saturated carbocycles. The lowest BCUT2D eigenvalue weighted by atomic mass is 10.2. The second-order valence-corrected chi connectivity index (χ2v) is 6.04. The van der Waals surface area contributed by atoms with Crippen LogP contribution >= 0.6 is 11.6 Å². The van der Waals surface area contributed by atoms with Crippen molar-refractivity contribution in [1.29, 1.82) is 0 Å². The minimum absolute atomic E-state index is 0.00669. The number of halogens is 1. The molecule has 23 heavy (non-hydrogen) atoms. The van der Waals surface area contributed by atoms with Crippen LogP contribution in [0.4, 0.5) is 5.82 Å². The van der Waals surface area contributed by atoms with Gasteiger partial charge in [-0.25, -0.2) is 4.98 Å². The Kier molecular flexibility index (Phi) is 4.76. The fourth-order valence-electron chi connectivity index (χ4n) is 2.76. The number of nitrogens with zero attached hydrogens (tertiary/aromatic N) is 4. The van der Waals surface area contributed by atoms with E-state index in [0.29, 0.717) is 17.1 Å². The third kappa shape index (κ3) is 3.62. The largest absolute Gasteiger partial charge is 0.353 e. The van der Waals surface area contributed by atoms with Crippen LogP contribution in [0, 0.1) is 6.92 Å². The Morgan fingerprint density at radius 1 is 1.13 bits per heavy atom. The summed E-state index contributed by atoms with van der Waals surface area (Å²) in [6.45, 7) is 4.92. The van der Waals surface area contributed by atoms with E-state index in [-0.39, 0.29) is 5.91 Å². The summed E-state index contributed by atoms with van der Waals surface area (Å²) < 4.78 is 0. The molecule has 1 aliphatic heterocycles. The molecule has 0 N–H and O–H groups in total.